The molecule has 0 unspecified atom stereocenters. The summed E-state index contributed by atoms with van der Waals surface area (Å²) in [6, 6.07) is 17.4. The highest BCUT2D eigenvalue weighted by Gasteiger charge is 2.12. The number of pyridine rings is 1. The van der Waals surface area contributed by atoms with Crippen molar-refractivity contribution in [3.63, 3.8) is 0 Å². The van der Waals surface area contributed by atoms with Crippen LogP contribution >= 0.6 is 0 Å². The molecule has 2 amide bonds. The number of aromatic nitrogens is 2. The van der Waals surface area contributed by atoms with Gasteiger partial charge >= 0.3 is 0 Å². The quantitative estimate of drug-likeness (QED) is 0.545. The Morgan fingerprint density at radius 3 is 2.59 bits per heavy atom. The zero-order valence-electron chi connectivity index (χ0n) is 15.6. The van der Waals surface area contributed by atoms with Gasteiger partial charge in [-0.2, -0.15) is 0 Å². The molecule has 0 aliphatic carbocycles. The Bertz CT molecular complexity index is 1210. The van der Waals surface area contributed by atoms with Crippen molar-refractivity contribution in [1.82, 2.24) is 9.38 Å². The number of hydrogen-bond donors (Lipinski definition) is 2. The van der Waals surface area contributed by atoms with Crippen LogP contribution in [0, 0.1) is 6.92 Å². The fourth-order valence-corrected chi connectivity index (χ4v) is 2.90. The van der Waals surface area contributed by atoms with Crippen LogP contribution in [0.25, 0.3) is 5.65 Å². The van der Waals surface area contributed by atoms with E-state index in [1.807, 2.05) is 25.3 Å². The highest BCUT2D eigenvalue weighted by atomic mass is 16.5. The molecule has 4 rings (SSSR count). The van der Waals surface area contributed by atoms with Gasteiger partial charge in [-0.3, -0.25) is 14.0 Å². The second-order valence-electron chi connectivity index (χ2n) is 6.55. The van der Waals surface area contributed by atoms with Crippen molar-refractivity contribution in [2.24, 2.45) is 5.73 Å². The van der Waals surface area contributed by atoms with Crippen LogP contribution in [0.5, 0.6) is 11.5 Å². The first-order valence-electron chi connectivity index (χ1n) is 8.92. The Balaban J connectivity index is 1.47. The molecule has 0 atom stereocenters. The monoisotopic (exact) mass is 386 g/mol. The van der Waals surface area contributed by atoms with E-state index in [0.29, 0.717) is 28.4 Å². The number of primary amides is 1. The summed E-state index contributed by atoms with van der Waals surface area (Å²) in [5, 5.41) is 2.85. The predicted octanol–water partition coefficient (Wildman–Crippen LogP) is 3.79. The van der Waals surface area contributed by atoms with Gasteiger partial charge in [0, 0.05) is 17.4 Å². The van der Waals surface area contributed by atoms with Crippen LogP contribution in [0.1, 0.15) is 26.4 Å². The number of carbonyl (C=O) groups excluding carboxylic acids is 2. The summed E-state index contributed by atoms with van der Waals surface area (Å²) in [5.74, 6) is 0.286. The van der Waals surface area contributed by atoms with Gasteiger partial charge in [0.1, 0.15) is 22.8 Å². The highest BCUT2D eigenvalue weighted by molar-refractivity contribution is 6.03. The molecule has 2 heterocycles. The Labute approximate surface area is 166 Å². The molecular formula is C22H18N4O3. The maximum Gasteiger partial charge on any atom is 0.274 e. The third kappa shape index (κ3) is 3.93. The van der Waals surface area contributed by atoms with Crippen LogP contribution in [-0.4, -0.2) is 21.2 Å². The number of benzene rings is 2. The number of imidazole rings is 1. The van der Waals surface area contributed by atoms with Crippen molar-refractivity contribution in [2.75, 3.05) is 5.32 Å². The number of anilines is 1. The van der Waals surface area contributed by atoms with E-state index >= 15 is 0 Å². The van der Waals surface area contributed by atoms with Gasteiger partial charge in [0.05, 0.1) is 6.20 Å². The standard InChI is InChI=1S/C22H18N4O3/c1-14-9-10-26-19(13-24-20(26)11-14)22(28)25-16-5-7-17(8-6-16)29-18-4-2-3-15(12-18)21(23)27/h2-13H,1H3,(H2,23,27)(H,25,28). The lowest BCUT2D eigenvalue weighted by Crippen LogP contribution is -2.14. The van der Waals surface area contributed by atoms with Gasteiger partial charge in [-0.15, -0.1) is 0 Å². The Morgan fingerprint density at radius 1 is 1.03 bits per heavy atom. The highest BCUT2D eigenvalue weighted by Crippen LogP contribution is 2.24. The number of amides is 2. The van der Waals surface area contributed by atoms with Gasteiger partial charge < -0.3 is 15.8 Å². The molecule has 0 saturated heterocycles. The average Bonchev–Trinajstić information content (AvgIpc) is 3.13. The summed E-state index contributed by atoms with van der Waals surface area (Å²) in [7, 11) is 0. The van der Waals surface area contributed by atoms with Crippen LogP contribution in [0.15, 0.2) is 73.1 Å². The molecule has 7 heteroatoms. The Morgan fingerprint density at radius 2 is 1.83 bits per heavy atom. The van der Waals surface area contributed by atoms with Crippen molar-refractivity contribution in [3.05, 3.63) is 89.9 Å². The lowest BCUT2D eigenvalue weighted by molar-refractivity contribution is 0.0996. The molecule has 4 aromatic rings. The lowest BCUT2D eigenvalue weighted by Gasteiger charge is -2.09. The van der Waals surface area contributed by atoms with Crippen molar-refractivity contribution in [3.8, 4) is 11.5 Å². The molecule has 2 aromatic carbocycles. The number of rotatable bonds is 5. The lowest BCUT2D eigenvalue weighted by atomic mass is 10.2. The normalized spacial score (nSPS) is 10.7. The maximum absolute atomic E-state index is 12.6. The molecule has 29 heavy (non-hydrogen) atoms. The summed E-state index contributed by atoms with van der Waals surface area (Å²) in [5.41, 5.74) is 8.52. The van der Waals surface area contributed by atoms with Crippen LogP contribution in [0.2, 0.25) is 0 Å². The van der Waals surface area contributed by atoms with Crippen LogP contribution < -0.4 is 15.8 Å². The summed E-state index contributed by atoms with van der Waals surface area (Å²) >= 11 is 0. The Hall–Kier alpha value is -4.13. The van der Waals surface area contributed by atoms with Crippen LogP contribution in [0.3, 0.4) is 0 Å². The molecule has 3 N–H and O–H groups in total. The topological polar surface area (TPSA) is 98.7 Å². The number of fused-ring (bicyclic) bond motifs is 1. The minimum absolute atomic E-state index is 0.260. The van der Waals surface area contributed by atoms with E-state index in [9.17, 15) is 9.59 Å². The summed E-state index contributed by atoms with van der Waals surface area (Å²) in [4.78, 5) is 28.1. The van der Waals surface area contributed by atoms with Crippen molar-refractivity contribution in [1.29, 1.82) is 0 Å². The minimum atomic E-state index is -0.518. The maximum atomic E-state index is 12.6. The van der Waals surface area contributed by atoms with E-state index < -0.39 is 5.91 Å². The minimum Gasteiger partial charge on any atom is -0.457 e. The molecule has 0 fully saturated rings. The zero-order chi connectivity index (χ0) is 20.4. The van der Waals surface area contributed by atoms with Gasteiger partial charge in [-0.1, -0.05) is 6.07 Å². The summed E-state index contributed by atoms with van der Waals surface area (Å²) < 4.78 is 7.48. The molecule has 2 aromatic heterocycles. The number of hydrogen-bond acceptors (Lipinski definition) is 4. The third-order valence-corrected chi connectivity index (χ3v) is 4.37. The van der Waals surface area contributed by atoms with Crippen molar-refractivity contribution in [2.45, 2.75) is 6.92 Å². The first kappa shape index (κ1) is 18.2. The van der Waals surface area contributed by atoms with Gasteiger partial charge in [0.15, 0.2) is 0 Å². The second kappa shape index (κ2) is 7.47. The van der Waals surface area contributed by atoms with E-state index in [4.69, 9.17) is 10.5 Å². The molecule has 0 radical (unpaired) electrons. The largest absolute Gasteiger partial charge is 0.457 e. The zero-order valence-corrected chi connectivity index (χ0v) is 15.6. The van der Waals surface area contributed by atoms with E-state index in [1.165, 1.54) is 0 Å². The first-order chi connectivity index (χ1) is 14.0. The fourth-order valence-electron chi connectivity index (χ4n) is 2.90. The van der Waals surface area contributed by atoms with E-state index in [2.05, 4.69) is 10.3 Å². The molecular weight excluding hydrogens is 368 g/mol. The van der Waals surface area contributed by atoms with Crippen LogP contribution in [-0.2, 0) is 0 Å². The molecule has 7 nitrogen and oxygen atoms in total. The number of ether oxygens (including phenoxy) is 1. The number of aryl methyl sites for hydroxylation is 1. The van der Waals surface area contributed by atoms with Crippen molar-refractivity contribution >= 4 is 23.1 Å². The number of carbonyl (C=O) groups is 2. The number of nitrogens with zero attached hydrogens (tertiary/aromatic N) is 2. The van der Waals surface area contributed by atoms with Crippen molar-refractivity contribution < 1.29 is 14.3 Å². The molecule has 0 saturated carbocycles. The van der Waals surface area contributed by atoms with Gasteiger partial charge in [0.25, 0.3) is 5.91 Å². The number of nitrogens with two attached hydrogens (primary N) is 1. The van der Waals surface area contributed by atoms with E-state index in [-0.39, 0.29) is 5.91 Å². The summed E-state index contributed by atoms with van der Waals surface area (Å²) in [6.07, 6.45) is 3.37. The molecule has 0 spiro atoms. The van der Waals surface area contributed by atoms with Gasteiger partial charge in [-0.05, 0) is 67.1 Å². The molecule has 144 valence electrons. The SMILES string of the molecule is Cc1ccn2c(C(=O)Nc3ccc(Oc4cccc(C(N)=O)c4)cc3)cnc2c1. The predicted molar refractivity (Wildman–Crippen MR) is 109 cm³/mol. The smallest absolute Gasteiger partial charge is 0.274 e. The third-order valence-electron chi connectivity index (χ3n) is 4.37. The van der Waals surface area contributed by atoms with Gasteiger partial charge in [-0.25, -0.2) is 4.98 Å². The summed E-state index contributed by atoms with van der Waals surface area (Å²) in [6.45, 7) is 1.97. The average molecular weight is 386 g/mol. The van der Waals surface area contributed by atoms with E-state index in [1.54, 1.807) is 59.1 Å². The number of nitrogens with one attached hydrogen (secondary N) is 1. The first-order valence-corrected chi connectivity index (χ1v) is 8.92. The van der Waals surface area contributed by atoms with Crippen LogP contribution in [0.4, 0.5) is 5.69 Å². The Kier molecular flexibility index (Phi) is 4.70. The molecule has 0 aliphatic heterocycles. The second-order valence-corrected chi connectivity index (χ2v) is 6.55. The molecule has 0 bridgehead atoms. The van der Waals surface area contributed by atoms with E-state index in [0.717, 1.165) is 11.2 Å². The molecule has 0 aliphatic rings. The van der Waals surface area contributed by atoms with Gasteiger partial charge in [0.2, 0.25) is 5.91 Å². The fraction of sp³-hybridized carbons (Fsp3) is 0.0455.